The Morgan fingerprint density at radius 1 is 0.947 bits per heavy atom. The number of anilines is 1. The molecular formula is C17H17NO. The van der Waals surface area contributed by atoms with Crippen LogP contribution in [0, 0.1) is 13.8 Å². The smallest absolute Gasteiger partial charge is 0.231 e. The zero-order chi connectivity index (χ0) is 13.6. The van der Waals surface area contributed by atoms with Crippen molar-refractivity contribution in [2.45, 2.75) is 26.7 Å². The van der Waals surface area contributed by atoms with Gasteiger partial charge < -0.3 is 5.32 Å². The van der Waals surface area contributed by atoms with Crippen LogP contribution in [-0.4, -0.2) is 5.91 Å². The Morgan fingerprint density at radius 2 is 1.63 bits per heavy atom. The predicted molar refractivity (Wildman–Crippen MR) is 78.4 cm³/mol. The van der Waals surface area contributed by atoms with E-state index in [4.69, 9.17) is 0 Å². The normalized spacial score (nSPS) is 17.2. The Balaban J connectivity index is 2.08. The molecule has 0 fully saturated rings. The second-order valence-corrected chi connectivity index (χ2v) is 5.31. The Morgan fingerprint density at radius 3 is 2.37 bits per heavy atom. The molecule has 1 atom stereocenters. The van der Waals surface area contributed by atoms with Gasteiger partial charge in [-0.15, -0.1) is 0 Å². The number of nitrogens with one attached hydrogen (secondary N) is 1. The predicted octanol–water partition coefficient (Wildman–Crippen LogP) is 4.03. The lowest BCUT2D eigenvalue weighted by Gasteiger charge is -2.08. The molecule has 3 rings (SSSR count). The van der Waals surface area contributed by atoms with E-state index in [1.165, 1.54) is 22.3 Å². The molecule has 1 heterocycles. The number of benzene rings is 2. The average molecular weight is 251 g/mol. The van der Waals surface area contributed by atoms with Crippen LogP contribution < -0.4 is 5.32 Å². The van der Waals surface area contributed by atoms with Gasteiger partial charge >= 0.3 is 0 Å². The molecule has 0 bridgehead atoms. The Bertz CT molecular complexity index is 673. The maximum absolute atomic E-state index is 11.7. The summed E-state index contributed by atoms with van der Waals surface area (Å²) in [6.07, 6.45) is 0. The molecule has 1 amide bonds. The summed E-state index contributed by atoms with van der Waals surface area (Å²) in [5, 5.41) is 2.91. The molecule has 2 aromatic rings. The van der Waals surface area contributed by atoms with Crippen molar-refractivity contribution >= 4 is 11.6 Å². The summed E-state index contributed by atoms with van der Waals surface area (Å²) in [7, 11) is 0. The quantitative estimate of drug-likeness (QED) is 0.814. The van der Waals surface area contributed by atoms with Crippen LogP contribution in [0.25, 0.3) is 11.1 Å². The number of aryl methyl sites for hydroxylation is 2. The van der Waals surface area contributed by atoms with Gasteiger partial charge in [0.25, 0.3) is 0 Å². The number of carbonyl (C=O) groups is 1. The Labute approximate surface area is 113 Å². The van der Waals surface area contributed by atoms with Gasteiger partial charge in [-0.1, -0.05) is 24.3 Å². The summed E-state index contributed by atoms with van der Waals surface area (Å²) in [6.45, 7) is 6.19. The monoisotopic (exact) mass is 251 g/mol. The first-order valence-electron chi connectivity index (χ1n) is 6.58. The highest BCUT2D eigenvalue weighted by molar-refractivity contribution is 6.03. The molecular weight excluding hydrogens is 234 g/mol. The van der Waals surface area contributed by atoms with E-state index < -0.39 is 0 Å². The molecule has 0 saturated carbocycles. The summed E-state index contributed by atoms with van der Waals surface area (Å²) in [5.74, 6) is 0.0359. The van der Waals surface area contributed by atoms with E-state index in [9.17, 15) is 4.79 Å². The molecule has 0 radical (unpaired) electrons. The van der Waals surface area contributed by atoms with Crippen molar-refractivity contribution in [3.8, 4) is 11.1 Å². The van der Waals surface area contributed by atoms with Crippen molar-refractivity contribution in [3.63, 3.8) is 0 Å². The molecule has 1 aliphatic heterocycles. The molecule has 0 aliphatic carbocycles. The van der Waals surface area contributed by atoms with Crippen molar-refractivity contribution in [2.24, 2.45) is 0 Å². The fourth-order valence-electron chi connectivity index (χ4n) is 2.52. The first-order chi connectivity index (χ1) is 9.06. The summed E-state index contributed by atoms with van der Waals surface area (Å²) < 4.78 is 0. The molecule has 2 heteroatoms. The van der Waals surface area contributed by atoms with Gasteiger partial charge in [0.1, 0.15) is 0 Å². The molecule has 1 aliphatic rings. The van der Waals surface area contributed by atoms with Crippen LogP contribution in [0.4, 0.5) is 5.69 Å². The third-order valence-electron chi connectivity index (χ3n) is 4.01. The zero-order valence-electron chi connectivity index (χ0n) is 11.4. The van der Waals surface area contributed by atoms with Crippen LogP contribution in [0.15, 0.2) is 36.4 Å². The van der Waals surface area contributed by atoms with Crippen molar-refractivity contribution in [1.82, 2.24) is 0 Å². The fourth-order valence-corrected chi connectivity index (χ4v) is 2.52. The van der Waals surface area contributed by atoms with Crippen LogP contribution >= 0.6 is 0 Å². The van der Waals surface area contributed by atoms with E-state index in [1.807, 2.05) is 13.0 Å². The standard InChI is InChI=1S/C17H17NO/c1-10-4-5-13(8-11(10)2)14-6-7-16-15(9-14)12(3)17(19)18-16/h4-9,12H,1-3H3,(H,18,19). The number of hydrogen-bond acceptors (Lipinski definition) is 1. The van der Waals surface area contributed by atoms with Crippen molar-refractivity contribution in [3.05, 3.63) is 53.1 Å². The summed E-state index contributed by atoms with van der Waals surface area (Å²) in [6, 6.07) is 12.7. The van der Waals surface area contributed by atoms with Crippen LogP contribution in [-0.2, 0) is 4.79 Å². The van der Waals surface area contributed by atoms with E-state index in [0.29, 0.717) is 0 Å². The van der Waals surface area contributed by atoms with E-state index in [-0.39, 0.29) is 11.8 Å². The van der Waals surface area contributed by atoms with Gasteiger partial charge in [-0.3, -0.25) is 4.79 Å². The number of hydrogen-bond donors (Lipinski definition) is 1. The molecule has 2 nitrogen and oxygen atoms in total. The summed E-state index contributed by atoms with van der Waals surface area (Å²) in [5.41, 5.74) is 7.02. The number of fused-ring (bicyclic) bond motifs is 1. The number of rotatable bonds is 1. The SMILES string of the molecule is Cc1ccc(-c2ccc3c(c2)C(C)C(=O)N3)cc1C. The minimum absolute atomic E-state index is 0.0542. The second-order valence-electron chi connectivity index (χ2n) is 5.31. The highest BCUT2D eigenvalue weighted by Gasteiger charge is 2.26. The second kappa shape index (κ2) is 4.23. The minimum atomic E-state index is -0.0542. The van der Waals surface area contributed by atoms with Crippen molar-refractivity contribution in [1.29, 1.82) is 0 Å². The van der Waals surface area contributed by atoms with Crippen LogP contribution in [0.5, 0.6) is 0 Å². The number of carbonyl (C=O) groups excluding carboxylic acids is 1. The van der Waals surface area contributed by atoms with E-state index >= 15 is 0 Å². The molecule has 0 spiro atoms. The lowest BCUT2D eigenvalue weighted by Crippen LogP contribution is -2.08. The van der Waals surface area contributed by atoms with E-state index in [1.54, 1.807) is 0 Å². The first-order valence-corrected chi connectivity index (χ1v) is 6.58. The highest BCUT2D eigenvalue weighted by atomic mass is 16.2. The van der Waals surface area contributed by atoms with Crippen LogP contribution in [0.3, 0.4) is 0 Å². The van der Waals surface area contributed by atoms with Gasteiger partial charge in [-0.25, -0.2) is 0 Å². The largest absolute Gasteiger partial charge is 0.325 e. The van der Waals surface area contributed by atoms with Gasteiger partial charge in [0, 0.05) is 5.69 Å². The summed E-state index contributed by atoms with van der Waals surface area (Å²) >= 11 is 0. The van der Waals surface area contributed by atoms with Gasteiger partial charge in [0.05, 0.1) is 5.92 Å². The van der Waals surface area contributed by atoms with E-state index in [2.05, 4.69) is 49.5 Å². The van der Waals surface area contributed by atoms with Gasteiger partial charge in [-0.05, 0) is 60.7 Å². The molecule has 1 unspecified atom stereocenters. The molecule has 0 aromatic heterocycles. The zero-order valence-corrected chi connectivity index (χ0v) is 11.4. The first kappa shape index (κ1) is 12.0. The van der Waals surface area contributed by atoms with Crippen LogP contribution in [0.1, 0.15) is 29.5 Å². The lowest BCUT2D eigenvalue weighted by molar-refractivity contribution is -0.116. The van der Waals surface area contributed by atoms with Crippen LogP contribution in [0.2, 0.25) is 0 Å². The topological polar surface area (TPSA) is 29.1 Å². The van der Waals surface area contributed by atoms with Gasteiger partial charge in [-0.2, -0.15) is 0 Å². The maximum Gasteiger partial charge on any atom is 0.231 e. The molecule has 0 saturated heterocycles. The average Bonchev–Trinajstić information content (AvgIpc) is 2.68. The maximum atomic E-state index is 11.7. The lowest BCUT2D eigenvalue weighted by atomic mass is 9.95. The third kappa shape index (κ3) is 1.93. The summed E-state index contributed by atoms with van der Waals surface area (Å²) in [4.78, 5) is 11.7. The van der Waals surface area contributed by atoms with Gasteiger partial charge in [0.2, 0.25) is 5.91 Å². The van der Waals surface area contributed by atoms with E-state index in [0.717, 1.165) is 11.3 Å². The van der Waals surface area contributed by atoms with Gasteiger partial charge in [0.15, 0.2) is 0 Å². The number of amides is 1. The fraction of sp³-hybridized carbons (Fsp3) is 0.235. The Kier molecular flexibility index (Phi) is 2.67. The molecule has 19 heavy (non-hydrogen) atoms. The molecule has 2 aromatic carbocycles. The molecule has 1 N–H and O–H groups in total. The van der Waals surface area contributed by atoms with Crippen molar-refractivity contribution < 1.29 is 4.79 Å². The minimum Gasteiger partial charge on any atom is -0.325 e. The highest BCUT2D eigenvalue weighted by Crippen LogP contribution is 2.35. The third-order valence-corrected chi connectivity index (χ3v) is 4.01. The Hall–Kier alpha value is -2.09. The molecule has 96 valence electrons. The van der Waals surface area contributed by atoms with Crippen molar-refractivity contribution in [2.75, 3.05) is 5.32 Å².